The minimum absolute atomic E-state index is 0.259. The SMILES string of the molecule is CC(C)Cc1cccc(CC(C)C)c1C1=CN2c3ccccc3C3C=CC=CC3C2N1. The molecule has 0 saturated heterocycles. The molecule has 0 spiro atoms. The summed E-state index contributed by atoms with van der Waals surface area (Å²) in [5.74, 6) is 2.13. The zero-order valence-electron chi connectivity index (χ0n) is 19.2. The molecule has 0 aromatic heterocycles. The summed E-state index contributed by atoms with van der Waals surface area (Å²) in [6, 6.07) is 15.8. The van der Waals surface area contributed by atoms with Crippen LogP contribution in [0.3, 0.4) is 0 Å². The van der Waals surface area contributed by atoms with E-state index in [1.807, 2.05) is 0 Å². The van der Waals surface area contributed by atoms with E-state index >= 15 is 0 Å². The molecule has 1 aliphatic carbocycles. The van der Waals surface area contributed by atoms with Gasteiger partial charge in [-0.3, -0.25) is 0 Å². The van der Waals surface area contributed by atoms with E-state index in [0.29, 0.717) is 23.7 Å². The summed E-state index contributed by atoms with van der Waals surface area (Å²) in [7, 11) is 0. The molecule has 0 bridgehead atoms. The quantitative estimate of drug-likeness (QED) is 0.593. The van der Waals surface area contributed by atoms with Gasteiger partial charge in [-0.1, -0.05) is 88.4 Å². The molecule has 160 valence electrons. The molecule has 2 heterocycles. The van der Waals surface area contributed by atoms with Crippen LogP contribution in [-0.4, -0.2) is 6.17 Å². The zero-order chi connectivity index (χ0) is 21.5. The summed E-state index contributed by atoms with van der Waals surface area (Å²) in [4.78, 5) is 2.49. The monoisotopic (exact) mass is 410 g/mol. The van der Waals surface area contributed by atoms with Crippen LogP contribution >= 0.6 is 0 Å². The fourth-order valence-corrected chi connectivity index (χ4v) is 5.58. The van der Waals surface area contributed by atoms with Crippen LogP contribution in [0.2, 0.25) is 0 Å². The summed E-state index contributed by atoms with van der Waals surface area (Å²) >= 11 is 0. The average Bonchev–Trinajstić information content (AvgIpc) is 3.19. The molecular weight excluding hydrogens is 376 g/mol. The first kappa shape index (κ1) is 20.2. The largest absolute Gasteiger partial charge is 0.363 e. The van der Waals surface area contributed by atoms with E-state index in [-0.39, 0.29) is 6.17 Å². The summed E-state index contributed by atoms with van der Waals surface area (Å²) in [5, 5.41) is 3.98. The van der Waals surface area contributed by atoms with Gasteiger partial charge in [-0.15, -0.1) is 0 Å². The number of benzene rings is 2. The minimum Gasteiger partial charge on any atom is -0.363 e. The van der Waals surface area contributed by atoms with E-state index in [1.54, 1.807) is 0 Å². The number of para-hydroxylation sites is 1. The molecule has 2 aromatic rings. The number of allylic oxidation sites excluding steroid dienone is 3. The second kappa shape index (κ2) is 8.07. The Morgan fingerprint density at radius 1 is 0.839 bits per heavy atom. The van der Waals surface area contributed by atoms with Crippen LogP contribution in [0.5, 0.6) is 0 Å². The van der Waals surface area contributed by atoms with E-state index in [0.717, 1.165) is 12.8 Å². The fraction of sp³-hybridized carbons (Fsp3) is 0.379. The molecule has 0 amide bonds. The smallest absolute Gasteiger partial charge is 0.111 e. The van der Waals surface area contributed by atoms with E-state index in [1.165, 1.54) is 33.6 Å². The molecule has 3 aliphatic rings. The van der Waals surface area contributed by atoms with Crippen LogP contribution in [0, 0.1) is 17.8 Å². The predicted molar refractivity (Wildman–Crippen MR) is 132 cm³/mol. The van der Waals surface area contributed by atoms with Crippen molar-refractivity contribution in [2.45, 2.75) is 52.6 Å². The number of nitrogens with zero attached hydrogens (tertiary/aromatic N) is 1. The topological polar surface area (TPSA) is 15.3 Å². The Bertz CT molecular complexity index is 1030. The summed E-state index contributed by atoms with van der Waals surface area (Å²) < 4.78 is 0. The highest BCUT2D eigenvalue weighted by Gasteiger charge is 2.42. The van der Waals surface area contributed by atoms with E-state index < -0.39 is 0 Å². The maximum absolute atomic E-state index is 3.98. The summed E-state index contributed by atoms with van der Waals surface area (Å²) in [6.07, 6.45) is 14.0. The number of anilines is 1. The second-order valence-electron chi connectivity index (χ2n) is 10.1. The van der Waals surface area contributed by atoms with Crippen molar-refractivity contribution in [2.75, 3.05) is 4.90 Å². The normalized spacial score (nSPS) is 23.5. The van der Waals surface area contributed by atoms with Gasteiger partial charge in [0.1, 0.15) is 6.17 Å². The number of hydrogen-bond acceptors (Lipinski definition) is 2. The third-order valence-electron chi connectivity index (χ3n) is 6.75. The lowest BCUT2D eigenvalue weighted by Gasteiger charge is -2.42. The van der Waals surface area contributed by atoms with Crippen LogP contribution in [0.4, 0.5) is 5.69 Å². The van der Waals surface area contributed by atoms with E-state index in [2.05, 4.69) is 111 Å². The standard InChI is InChI=1S/C29H34N2/c1-19(2)16-21-10-9-11-22(17-20(3)4)28(21)26-18-31-27-15-8-7-13-24(27)23-12-5-6-14-25(23)29(31)30-26/h5-15,18-20,23,25,29-30H,16-17H2,1-4H3. The van der Waals surface area contributed by atoms with E-state index in [9.17, 15) is 0 Å². The van der Waals surface area contributed by atoms with E-state index in [4.69, 9.17) is 0 Å². The van der Waals surface area contributed by atoms with Crippen molar-refractivity contribution in [3.05, 3.63) is 95.2 Å². The maximum Gasteiger partial charge on any atom is 0.111 e. The lowest BCUT2D eigenvalue weighted by molar-refractivity contribution is 0.418. The van der Waals surface area contributed by atoms with Gasteiger partial charge in [-0.05, 0) is 47.4 Å². The van der Waals surface area contributed by atoms with Crippen molar-refractivity contribution in [1.29, 1.82) is 0 Å². The first-order valence-corrected chi connectivity index (χ1v) is 11.8. The number of fused-ring (bicyclic) bond motifs is 6. The van der Waals surface area contributed by atoms with Crippen molar-refractivity contribution >= 4 is 11.4 Å². The number of rotatable bonds is 5. The first-order valence-electron chi connectivity index (χ1n) is 11.8. The highest BCUT2D eigenvalue weighted by molar-refractivity contribution is 5.78. The minimum atomic E-state index is 0.259. The molecule has 1 N–H and O–H groups in total. The molecule has 0 fully saturated rings. The molecule has 2 aromatic carbocycles. The van der Waals surface area contributed by atoms with Gasteiger partial charge in [-0.2, -0.15) is 0 Å². The molecule has 0 radical (unpaired) electrons. The van der Waals surface area contributed by atoms with Gasteiger partial charge < -0.3 is 10.2 Å². The van der Waals surface area contributed by atoms with Crippen molar-refractivity contribution in [2.24, 2.45) is 17.8 Å². The Kier molecular flexibility index (Phi) is 5.25. The number of hydrogen-bond donors (Lipinski definition) is 1. The maximum atomic E-state index is 3.98. The zero-order valence-corrected chi connectivity index (χ0v) is 19.2. The van der Waals surface area contributed by atoms with Crippen LogP contribution in [-0.2, 0) is 12.8 Å². The third-order valence-corrected chi connectivity index (χ3v) is 6.75. The fourth-order valence-electron chi connectivity index (χ4n) is 5.58. The van der Waals surface area contributed by atoms with Crippen molar-refractivity contribution in [1.82, 2.24) is 5.32 Å². The van der Waals surface area contributed by atoms with Crippen LogP contribution in [0.15, 0.2) is 73.0 Å². The lowest BCUT2D eigenvalue weighted by atomic mass is 9.77. The second-order valence-corrected chi connectivity index (χ2v) is 10.1. The predicted octanol–water partition coefficient (Wildman–Crippen LogP) is 6.66. The molecule has 2 nitrogen and oxygen atoms in total. The molecule has 2 heteroatoms. The van der Waals surface area contributed by atoms with Gasteiger partial charge in [0.15, 0.2) is 0 Å². The van der Waals surface area contributed by atoms with Gasteiger partial charge in [0, 0.05) is 29.3 Å². The van der Waals surface area contributed by atoms with Crippen molar-refractivity contribution < 1.29 is 0 Å². The van der Waals surface area contributed by atoms with Gasteiger partial charge >= 0.3 is 0 Å². The average molecular weight is 411 g/mol. The molecule has 5 rings (SSSR count). The molecule has 0 saturated carbocycles. The van der Waals surface area contributed by atoms with Crippen LogP contribution in [0.25, 0.3) is 5.70 Å². The molecule has 3 unspecified atom stereocenters. The Hall–Kier alpha value is -2.74. The highest BCUT2D eigenvalue weighted by Crippen LogP contribution is 2.47. The molecule has 3 atom stereocenters. The summed E-state index contributed by atoms with van der Waals surface area (Å²) in [5.41, 5.74) is 8.43. The van der Waals surface area contributed by atoms with Crippen molar-refractivity contribution in [3.8, 4) is 0 Å². The Morgan fingerprint density at radius 3 is 2.23 bits per heavy atom. The molecular formula is C29H34N2. The molecule has 31 heavy (non-hydrogen) atoms. The van der Waals surface area contributed by atoms with Crippen LogP contribution in [0.1, 0.15) is 55.9 Å². The van der Waals surface area contributed by atoms with Gasteiger partial charge in [0.05, 0.1) is 5.70 Å². The Labute approximate surface area is 187 Å². The highest BCUT2D eigenvalue weighted by atomic mass is 15.3. The van der Waals surface area contributed by atoms with Gasteiger partial charge in [-0.25, -0.2) is 0 Å². The Balaban J connectivity index is 1.61. The molecule has 2 aliphatic heterocycles. The van der Waals surface area contributed by atoms with Gasteiger partial charge in [0.25, 0.3) is 0 Å². The first-order chi connectivity index (χ1) is 15.0. The van der Waals surface area contributed by atoms with Gasteiger partial charge in [0.2, 0.25) is 0 Å². The van der Waals surface area contributed by atoms with Crippen molar-refractivity contribution in [3.63, 3.8) is 0 Å². The van der Waals surface area contributed by atoms with Crippen LogP contribution < -0.4 is 10.2 Å². The number of nitrogens with one attached hydrogen (secondary N) is 1. The Morgan fingerprint density at radius 2 is 1.52 bits per heavy atom. The summed E-state index contributed by atoms with van der Waals surface area (Å²) in [6.45, 7) is 9.27. The third kappa shape index (κ3) is 3.63. The lowest BCUT2D eigenvalue weighted by Crippen LogP contribution is -2.47.